The van der Waals surface area contributed by atoms with Gasteiger partial charge in [0.15, 0.2) is 0 Å². The standard InChI is InChI=1S/C14H17N3O/c1-17(10-12-5-3-4-7-15-12)11-13-9-14(18-2)6-8-16-13/h3-9H,10-11H2,1-2H3. The van der Waals surface area contributed by atoms with E-state index in [1.54, 1.807) is 13.3 Å². The van der Waals surface area contributed by atoms with E-state index in [1.165, 1.54) is 0 Å². The van der Waals surface area contributed by atoms with Gasteiger partial charge in [0.25, 0.3) is 0 Å². The molecule has 0 spiro atoms. The van der Waals surface area contributed by atoms with Gasteiger partial charge in [-0.15, -0.1) is 0 Å². The fourth-order valence-electron chi connectivity index (χ4n) is 1.77. The van der Waals surface area contributed by atoms with Gasteiger partial charge in [-0.25, -0.2) is 0 Å². The molecule has 0 N–H and O–H groups in total. The van der Waals surface area contributed by atoms with Gasteiger partial charge >= 0.3 is 0 Å². The molecule has 0 radical (unpaired) electrons. The maximum absolute atomic E-state index is 5.18. The monoisotopic (exact) mass is 243 g/mol. The predicted molar refractivity (Wildman–Crippen MR) is 70.2 cm³/mol. The zero-order chi connectivity index (χ0) is 12.8. The minimum Gasteiger partial charge on any atom is -0.497 e. The van der Waals surface area contributed by atoms with E-state index in [1.807, 2.05) is 36.5 Å². The van der Waals surface area contributed by atoms with Crippen molar-refractivity contribution in [2.45, 2.75) is 13.1 Å². The number of hydrogen-bond donors (Lipinski definition) is 0. The second-order valence-electron chi connectivity index (χ2n) is 4.18. The summed E-state index contributed by atoms with van der Waals surface area (Å²) in [6.07, 6.45) is 3.58. The molecule has 0 atom stereocenters. The molecule has 0 amide bonds. The number of ether oxygens (including phenoxy) is 1. The smallest absolute Gasteiger partial charge is 0.122 e. The summed E-state index contributed by atoms with van der Waals surface area (Å²) in [4.78, 5) is 10.8. The van der Waals surface area contributed by atoms with Crippen LogP contribution in [0.15, 0.2) is 42.7 Å². The first-order valence-electron chi connectivity index (χ1n) is 5.85. The largest absolute Gasteiger partial charge is 0.497 e. The zero-order valence-corrected chi connectivity index (χ0v) is 10.7. The van der Waals surface area contributed by atoms with Crippen LogP contribution in [0.3, 0.4) is 0 Å². The molecular weight excluding hydrogens is 226 g/mol. The molecule has 0 aromatic carbocycles. The first-order chi connectivity index (χ1) is 8.78. The molecule has 2 rings (SSSR count). The fourth-order valence-corrected chi connectivity index (χ4v) is 1.77. The third-order valence-electron chi connectivity index (χ3n) is 2.61. The van der Waals surface area contributed by atoms with Crippen LogP contribution in [0.5, 0.6) is 5.75 Å². The molecule has 94 valence electrons. The Balaban J connectivity index is 1.96. The van der Waals surface area contributed by atoms with Crippen LogP contribution in [0.1, 0.15) is 11.4 Å². The van der Waals surface area contributed by atoms with Crippen LogP contribution in [0.25, 0.3) is 0 Å². The highest BCUT2D eigenvalue weighted by Gasteiger charge is 2.04. The third kappa shape index (κ3) is 3.53. The van der Waals surface area contributed by atoms with Crippen molar-refractivity contribution in [2.24, 2.45) is 0 Å². The lowest BCUT2D eigenvalue weighted by Crippen LogP contribution is -2.18. The number of pyridine rings is 2. The number of methoxy groups -OCH3 is 1. The van der Waals surface area contributed by atoms with E-state index in [4.69, 9.17) is 4.74 Å². The van der Waals surface area contributed by atoms with Crippen molar-refractivity contribution in [1.29, 1.82) is 0 Å². The molecule has 0 aliphatic heterocycles. The Morgan fingerprint density at radius 1 is 1.06 bits per heavy atom. The zero-order valence-electron chi connectivity index (χ0n) is 10.7. The van der Waals surface area contributed by atoms with Gasteiger partial charge in [0, 0.05) is 31.5 Å². The average Bonchev–Trinajstić information content (AvgIpc) is 2.40. The van der Waals surface area contributed by atoms with Crippen molar-refractivity contribution in [2.75, 3.05) is 14.2 Å². The van der Waals surface area contributed by atoms with Gasteiger partial charge in [-0.2, -0.15) is 0 Å². The van der Waals surface area contributed by atoms with Crippen LogP contribution in [0.2, 0.25) is 0 Å². The van der Waals surface area contributed by atoms with E-state index in [-0.39, 0.29) is 0 Å². The Bertz CT molecular complexity index is 487. The summed E-state index contributed by atoms with van der Waals surface area (Å²) < 4.78 is 5.18. The topological polar surface area (TPSA) is 38.2 Å². The predicted octanol–water partition coefficient (Wildman–Crippen LogP) is 2.12. The molecule has 0 fully saturated rings. The van der Waals surface area contributed by atoms with E-state index in [2.05, 4.69) is 21.9 Å². The van der Waals surface area contributed by atoms with Crippen molar-refractivity contribution in [3.05, 3.63) is 54.1 Å². The average molecular weight is 243 g/mol. The molecular formula is C14H17N3O. The van der Waals surface area contributed by atoms with Crippen LogP contribution in [-0.4, -0.2) is 29.0 Å². The van der Waals surface area contributed by atoms with E-state index in [0.29, 0.717) is 0 Å². The molecule has 4 heteroatoms. The lowest BCUT2D eigenvalue weighted by molar-refractivity contribution is 0.310. The van der Waals surface area contributed by atoms with Crippen LogP contribution in [-0.2, 0) is 13.1 Å². The number of aromatic nitrogens is 2. The van der Waals surface area contributed by atoms with Gasteiger partial charge < -0.3 is 4.74 Å². The Morgan fingerprint density at radius 3 is 2.56 bits per heavy atom. The third-order valence-corrected chi connectivity index (χ3v) is 2.61. The molecule has 2 aromatic rings. The highest BCUT2D eigenvalue weighted by molar-refractivity contribution is 5.22. The first kappa shape index (κ1) is 12.5. The molecule has 2 aromatic heterocycles. The minimum atomic E-state index is 0.772. The highest BCUT2D eigenvalue weighted by Crippen LogP contribution is 2.12. The van der Waals surface area contributed by atoms with Crippen LogP contribution in [0.4, 0.5) is 0 Å². The minimum absolute atomic E-state index is 0.772. The van der Waals surface area contributed by atoms with Gasteiger partial charge in [0.05, 0.1) is 18.5 Å². The molecule has 2 heterocycles. The van der Waals surface area contributed by atoms with Crippen LogP contribution in [0, 0.1) is 0 Å². The normalized spacial score (nSPS) is 10.6. The van der Waals surface area contributed by atoms with E-state index in [0.717, 1.165) is 30.2 Å². The number of nitrogens with zero attached hydrogens (tertiary/aromatic N) is 3. The van der Waals surface area contributed by atoms with E-state index < -0.39 is 0 Å². The van der Waals surface area contributed by atoms with E-state index in [9.17, 15) is 0 Å². The van der Waals surface area contributed by atoms with Crippen molar-refractivity contribution in [3.63, 3.8) is 0 Å². The van der Waals surface area contributed by atoms with Crippen molar-refractivity contribution >= 4 is 0 Å². The molecule has 0 aliphatic rings. The molecule has 0 aliphatic carbocycles. The van der Waals surface area contributed by atoms with Gasteiger partial charge in [-0.1, -0.05) is 6.07 Å². The van der Waals surface area contributed by atoms with Crippen LogP contribution < -0.4 is 4.74 Å². The second-order valence-corrected chi connectivity index (χ2v) is 4.18. The molecule has 4 nitrogen and oxygen atoms in total. The highest BCUT2D eigenvalue weighted by atomic mass is 16.5. The molecule has 18 heavy (non-hydrogen) atoms. The maximum atomic E-state index is 5.18. The van der Waals surface area contributed by atoms with Gasteiger partial charge in [-0.05, 0) is 25.2 Å². The van der Waals surface area contributed by atoms with Crippen molar-refractivity contribution < 1.29 is 4.74 Å². The summed E-state index contributed by atoms with van der Waals surface area (Å²) in [7, 11) is 3.71. The second kappa shape index (κ2) is 6.12. The lowest BCUT2D eigenvalue weighted by atomic mass is 10.3. The molecule has 0 saturated carbocycles. The van der Waals surface area contributed by atoms with E-state index >= 15 is 0 Å². The molecule has 0 unspecified atom stereocenters. The summed E-state index contributed by atoms with van der Waals surface area (Å²) in [6.45, 7) is 1.58. The number of hydrogen-bond acceptors (Lipinski definition) is 4. The Morgan fingerprint density at radius 2 is 1.83 bits per heavy atom. The van der Waals surface area contributed by atoms with Crippen LogP contribution >= 0.6 is 0 Å². The quantitative estimate of drug-likeness (QED) is 0.806. The summed E-state index contributed by atoms with van der Waals surface area (Å²) in [5.41, 5.74) is 2.05. The van der Waals surface area contributed by atoms with Crippen molar-refractivity contribution in [1.82, 2.24) is 14.9 Å². The SMILES string of the molecule is COc1ccnc(CN(C)Cc2ccccn2)c1. The summed E-state index contributed by atoms with van der Waals surface area (Å²) >= 11 is 0. The molecule has 0 saturated heterocycles. The summed E-state index contributed by atoms with van der Waals surface area (Å²) in [6, 6.07) is 9.75. The maximum Gasteiger partial charge on any atom is 0.122 e. The van der Waals surface area contributed by atoms with Crippen molar-refractivity contribution in [3.8, 4) is 5.75 Å². The fraction of sp³-hybridized carbons (Fsp3) is 0.286. The number of rotatable bonds is 5. The van der Waals surface area contributed by atoms with Gasteiger partial charge in [-0.3, -0.25) is 14.9 Å². The Hall–Kier alpha value is -1.94. The molecule has 0 bridgehead atoms. The Labute approximate surface area is 107 Å². The lowest BCUT2D eigenvalue weighted by Gasteiger charge is -2.15. The summed E-state index contributed by atoms with van der Waals surface area (Å²) in [5, 5.41) is 0. The Kier molecular flexibility index (Phi) is 4.25. The summed E-state index contributed by atoms with van der Waals surface area (Å²) in [5.74, 6) is 0.839. The van der Waals surface area contributed by atoms with Gasteiger partial charge in [0.2, 0.25) is 0 Å². The first-order valence-corrected chi connectivity index (χ1v) is 5.85. The van der Waals surface area contributed by atoms with Gasteiger partial charge in [0.1, 0.15) is 5.75 Å².